The van der Waals surface area contributed by atoms with Crippen LogP contribution in [0.25, 0.3) is 34.9 Å². The van der Waals surface area contributed by atoms with E-state index in [1.54, 1.807) is 12.5 Å². The molecular weight excluding hydrogens is 302 g/mol. The zero-order valence-electron chi connectivity index (χ0n) is 12.7. The summed E-state index contributed by atoms with van der Waals surface area (Å²) in [4.78, 5) is 4.14. The molecule has 0 bridgehead atoms. The van der Waals surface area contributed by atoms with E-state index in [-0.39, 0.29) is 0 Å². The van der Waals surface area contributed by atoms with Gasteiger partial charge in [0.05, 0.1) is 6.20 Å². The van der Waals surface area contributed by atoms with Crippen LogP contribution in [0.5, 0.6) is 0 Å². The maximum Gasteiger partial charge on any atom is 0.225 e. The minimum atomic E-state index is 0.628. The van der Waals surface area contributed by atoms with Crippen LogP contribution in [0.4, 0.5) is 0 Å². The Morgan fingerprint density at radius 2 is 1.46 bits per heavy atom. The second kappa shape index (κ2) is 6.34. The van der Waals surface area contributed by atoms with Gasteiger partial charge in [-0.15, -0.1) is 5.10 Å². The molecule has 0 aliphatic rings. The van der Waals surface area contributed by atoms with Gasteiger partial charge >= 0.3 is 0 Å². The van der Waals surface area contributed by atoms with E-state index in [9.17, 15) is 0 Å². The Morgan fingerprint density at radius 1 is 0.792 bits per heavy atom. The van der Waals surface area contributed by atoms with Crippen molar-refractivity contribution in [3.8, 4) is 22.7 Å². The highest BCUT2D eigenvalue weighted by atomic mass is 16.5. The number of hydrogen-bond donors (Lipinski definition) is 0. The second-order valence-corrected chi connectivity index (χ2v) is 5.20. The highest BCUT2D eigenvalue weighted by molar-refractivity contribution is 5.72. The smallest absolute Gasteiger partial charge is 0.225 e. The molecule has 5 heteroatoms. The maximum atomic E-state index is 5.29. The molecule has 2 heterocycles. The number of benzene rings is 2. The monoisotopic (exact) mass is 315 g/mol. The van der Waals surface area contributed by atoms with Crippen LogP contribution in [0, 0.1) is 0 Å². The Labute approximate surface area is 138 Å². The van der Waals surface area contributed by atoms with E-state index >= 15 is 0 Å². The van der Waals surface area contributed by atoms with Crippen molar-refractivity contribution in [3.05, 3.63) is 78.4 Å². The van der Waals surface area contributed by atoms with E-state index in [4.69, 9.17) is 8.94 Å². The molecule has 2 aromatic heterocycles. The molecule has 0 radical (unpaired) electrons. The van der Waals surface area contributed by atoms with Gasteiger partial charge in [-0.25, -0.2) is 4.98 Å². The highest BCUT2D eigenvalue weighted by Crippen LogP contribution is 2.20. The van der Waals surface area contributed by atoms with Crippen LogP contribution in [0.3, 0.4) is 0 Å². The summed E-state index contributed by atoms with van der Waals surface area (Å²) in [6.45, 7) is 0. The summed E-state index contributed by atoms with van der Waals surface area (Å²) in [5.41, 5.74) is 4.88. The Hall–Kier alpha value is -3.47. The van der Waals surface area contributed by atoms with E-state index in [0.717, 1.165) is 27.9 Å². The molecule has 2 aromatic carbocycles. The lowest BCUT2D eigenvalue weighted by molar-refractivity contribution is 0.393. The van der Waals surface area contributed by atoms with Gasteiger partial charge in [-0.1, -0.05) is 48.6 Å². The Morgan fingerprint density at radius 3 is 2.00 bits per heavy atom. The summed E-state index contributed by atoms with van der Waals surface area (Å²) in [5, 5.41) is 7.36. The van der Waals surface area contributed by atoms with E-state index in [0.29, 0.717) is 5.89 Å². The van der Waals surface area contributed by atoms with Crippen molar-refractivity contribution >= 4 is 12.2 Å². The first-order valence-electron chi connectivity index (χ1n) is 7.44. The van der Waals surface area contributed by atoms with Crippen molar-refractivity contribution in [3.63, 3.8) is 0 Å². The van der Waals surface area contributed by atoms with Crippen LogP contribution >= 0.6 is 0 Å². The zero-order chi connectivity index (χ0) is 16.2. The summed E-state index contributed by atoms with van der Waals surface area (Å²) in [6.07, 6.45) is 8.86. The van der Waals surface area contributed by atoms with E-state index in [1.807, 2.05) is 48.5 Å². The first kappa shape index (κ1) is 14.1. The van der Waals surface area contributed by atoms with Crippen molar-refractivity contribution in [2.24, 2.45) is 0 Å². The van der Waals surface area contributed by atoms with Crippen molar-refractivity contribution in [2.45, 2.75) is 0 Å². The molecule has 0 atom stereocenters. The van der Waals surface area contributed by atoms with Gasteiger partial charge in [0.15, 0.2) is 6.26 Å². The maximum absolute atomic E-state index is 5.29. The molecule has 0 spiro atoms. The van der Waals surface area contributed by atoms with Gasteiger partial charge in [0.25, 0.3) is 0 Å². The van der Waals surface area contributed by atoms with E-state index in [2.05, 4.69) is 27.5 Å². The molecule has 0 aliphatic heterocycles. The number of oxazole rings is 1. The summed E-state index contributed by atoms with van der Waals surface area (Å²) in [6, 6.07) is 16.1. The van der Waals surface area contributed by atoms with Gasteiger partial charge in [0.2, 0.25) is 5.89 Å². The van der Waals surface area contributed by atoms with Gasteiger partial charge < -0.3 is 8.94 Å². The lowest BCUT2D eigenvalue weighted by Crippen LogP contribution is -1.79. The lowest BCUT2D eigenvalue weighted by Gasteiger charge is -1.99. The Kier molecular flexibility index (Phi) is 3.73. The standard InChI is InChI=1S/C19H13N3O2/c1(14-3-7-16(8-4-14)18-13-24-22-21-18)2-15-5-9-17(10-6-15)19-20-11-12-23-19/h1-13H. The summed E-state index contributed by atoms with van der Waals surface area (Å²) in [5.74, 6) is 0.628. The first-order valence-corrected chi connectivity index (χ1v) is 7.44. The normalized spacial score (nSPS) is 11.2. The fourth-order valence-corrected chi connectivity index (χ4v) is 2.35. The molecule has 24 heavy (non-hydrogen) atoms. The average Bonchev–Trinajstić information content (AvgIpc) is 3.34. The third-order valence-electron chi connectivity index (χ3n) is 3.62. The zero-order valence-corrected chi connectivity index (χ0v) is 12.7. The molecule has 4 rings (SSSR count). The largest absolute Gasteiger partial charge is 0.445 e. The molecule has 0 fully saturated rings. The van der Waals surface area contributed by atoms with Gasteiger partial charge in [0.1, 0.15) is 12.0 Å². The van der Waals surface area contributed by atoms with Gasteiger partial charge in [-0.05, 0) is 23.3 Å². The van der Waals surface area contributed by atoms with Crippen LogP contribution in [0.1, 0.15) is 11.1 Å². The van der Waals surface area contributed by atoms with E-state index < -0.39 is 0 Å². The molecule has 0 unspecified atom stereocenters. The van der Waals surface area contributed by atoms with Crippen molar-refractivity contribution < 1.29 is 8.94 Å². The van der Waals surface area contributed by atoms with Crippen molar-refractivity contribution in [1.29, 1.82) is 0 Å². The van der Waals surface area contributed by atoms with Crippen molar-refractivity contribution in [2.75, 3.05) is 0 Å². The second-order valence-electron chi connectivity index (χ2n) is 5.20. The quantitative estimate of drug-likeness (QED) is 0.516. The molecule has 0 saturated heterocycles. The molecule has 116 valence electrons. The first-order chi connectivity index (χ1) is 11.9. The van der Waals surface area contributed by atoms with Gasteiger partial charge in [-0.3, -0.25) is 0 Å². The highest BCUT2D eigenvalue weighted by Gasteiger charge is 2.02. The molecule has 0 saturated carbocycles. The third kappa shape index (κ3) is 3.01. The topological polar surface area (TPSA) is 65.0 Å². The summed E-state index contributed by atoms with van der Waals surface area (Å²) in [7, 11) is 0. The number of rotatable bonds is 4. The molecule has 0 aliphatic carbocycles. The van der Waals surface area contributed by atoms with Crippen LogP contribution < -0.4 is 0 Å². The van der Waals surface area contributed by atoms with Crippen molar-refractivity contribution in [1.82, 2.24) is 15.4 Å². The molecule has 4 aromatic rings. The molecule has 0 amide bonds. The van der Waals surface area contributed by atoms with Crippen LogP contribution in [0.2, 0.25) is 0 Å². The van der Waals surface area contributed by atoms with Gasteiger partial charge in [-0.2, -0.15) is 0 Å². The SMILES string of the molecule is C(=Cc1ccc(-c2ncco2)cc1)c1ccc(-c2conn2)cc1. The minimum absolute atomic E-state index is 0.628. The van der Waals surface area contributed by atoms with Crippen LogP contribution in [-0.4, -0.2) is 15.4 Å². The summed E-state index contributed by atoms with van der Waals surface area (Å²) < 4.78 is 10.0. The average molecular weight is 315 g/mol. The van der Waals surface area contributed by atoms with Crippen LogP contribution in [-0.2, 0) is 0 Å². The van der Waals surface area contributed by atoms with Gasteiger partial charge in [0, 0.05) is 16.4 Å². The predicted octanol–water partition coefficient (Wildman–Crippen LogP) is 4.56. The number of hydrogen-bond acceptors (Lipinski definition) is 5. The predicted molar refractivity (Wildman–Crippen MR) is 90.6 cm³/mol. The minimum Gasteiger partial charge on any atom is -0.445 e. The molecule has 0 N–H and O–H groups in total. The molecular formula is C19H13N3O2. The van der Waals surface area contributed by atoms with E-state index in [1.165, 1.54) is 6.26 Å². The fraction of sp³-hybridized carbons (Fsp3) is 0. The molecule has 5 nitrogen and oxygen atoms in total. The summed E-state index contributed by atoms with van der Waals surface area (Å²) >= 11 is 0. The fourth-order valence-electron chi connectivity index (χ4n) is 2.35. The Bertz CT molecular complexity index is 844. The number of nitrogens with zero attached hydrogens (tertiary/aromatic N) is 3. The third-order valence-corrected chi connectivity index (χ3v) is 3.62. The Balaban J connectivity index is 1.48. The lowest BCUT2D eigenvalue weighted by atomic mass is 10.1. The number of aromatic nitrogens is 3. The van der Waals surface area contributed by atoms with Crippen LogP contribution in [0.15, 0.2) is 76.2 Å².